The maximum absolute atomic E-state index is 2.32. The SMILES string of the molecule is C.CCC(CCc1ccc([N+](C)(C)C)cc1)Cc1ccc([N+](C)(C)C)cc1. The van der Waals surface area contributed by atoms with Crippen LogP contribution in [0.15, 0.2) is 48.5 Å². The molecule has 0 aliphatic rings. The highest BCUT2D eigenvalue weighted by Gasteiger charge is 2.14. The minimum atomic E-state index is 0. The van der Waals surface area contributed by atoms with Gasteiger partial charge in [-0.15, -0.1) is 0 Å². The molecule has 1 unspecified atom stereocenters. The van der Waals surface area contributed by atoms with Gasteiger partial charge in [-0.25, -0.2) is 0 Å². The summed E-state index contributed by atoms with van der Waals surface area (Å²) in [6.45, 7) is 2.32. The summed E-state index contributed by atoms with van der Waals surface area (Å²) in [7, 11) is 13.3. The Balaban J connectivity index is 0.00000364. The van der Waals surface area contributed by atoms with Crippen molar-refractivity contribution in [3.63, 3.8) is 0 Å². The maximum atomic E-state index is 2.32. The first-order valence-electron chi connectivity index (χ1n) is 9.91. The van der Waals surface area contributed by atoms with E-state index in [-0.39, 0.29) is 7.43 Å². The lowest BCUT2D eigenvalue weighted by molar-refractivity contribution is 0.466. The van der Waals surface area contributed by atoms with Crippen LogP contribution in [0.4, 0.5) is 11.4 Å². The molecule has 27 heavy (non-hydrogen) atoms. The average Bonchev–Trinajstić information content (AvgIpc) is 2.58. The lowest BCUT2D eigenvalue weighted by atomic mass is 9.91. The maximum Gasteiger partial charge on any atom is 0.132 e. The molecule has 2 rings (SSSR count). The highest BCUT2D eigenvalue weighted by Crippen LogP contribution is 2.23. The zero-order valence-corrected chi connectivity index (χ0v) is 17.9. The molecule has 0 heterocycles. The van der Waals surface area contributed by atoms with Crippen LogP contribution in [0.25, 0.3) is 0 Å². The fourth-order valence-corrected chi connectivity index (χ4v) is 3.34. The van der Waals surface area contributed by atoms with Gasteiger partial charge in [-0.05, 0) is 60.6 Å². The van der Waals surface area contributed by atoms with Crippen molar-refractivity contribution in [3.05, 3.63) is 59.7 Å². The summed E-state index contributed by atoms with van der Waals surface area (Å²) in [4.78, 5) is 0. The van der Waals surface area contributed by atoms with Crippen molar-refractivity contribution in [3.8, 4) is 0 Å². The molecule has 150 valence electrons. The first-order chi connectivity index (χ1) is 12.1. The van der Waals surface area contributed by atoms with Gasteiger partial charge in [0.05, 0.1) is 42.3 Å². The molecule has 0 bridgehead atoms. The summed E-state index contributed by atoms with van der Waals surface area (Å²) in [6, 6.07) is 18.4. The van der Waals surface area contributed by atoms with Crippen molar-refractivity contribution in [2.24, 2.45) is 5.92 Å². The third-order valence-electron chi connectivity index (χ3n) is 5.36. The smallest absolute Gasteiger partial charge is 0.132 e. The molecule has 2 nitrogen and oxygen atoms in total. The molecule has 2 aromatic carbocycles. The van der Waals surface area contributed by atoms with Gasteiger partial charge in [0.1, 0.15) is 11.4 Å². The number of nitrogens with zero attached hydrogens (tertiary/aromatic N) is 2. The van der Waals surface area contributed by atoms with E-state index in [4.69, 9.17) is 0 Å². The van der Waals surface area contributed by atoms with Crippen molar-refractivity contribution >= 4 is 11.4 Å². The van der Waals surface area contributed by atoms with Crippen molar-refractivity contribution in [2.75, 3.05) is 42.3 Å². The van der Waals surface area contributed by atoms with E-state index in [0.29, 0.717) is 0 Å². The van der Waals surface area contributed by atoms with E-state index in [1.165, 1.54) is 48.2 Å². The predicted molar refractivity (Wildman–Crippen MR) is 125 cm³/mol. The predicted octanol–water partition coefficient (Wildman–Crippen LogP) is 5.92. The van der Waals surface area contributed by atoms with Gasteiger partial charge >= 0.3 is 0 Å². The zero-order valence-electron chi connectivity index (χ0n) is 17.9. The van der Waals surface area contributed by atoms with E-state index >= 15 is 0 Å². The Morgan fingerprint density at radius 3 is 1.44 bits per heavy atom. The molecule has 0 saturated carbocycles. The monoisotopic (exact) mass is 370 g/mol. The fourth-order valence-electron chi connectivity index (χ4n) is 3.34. The molecule has 2 aromatic rings. The Hall–Kier alpha value is -1.64. The largest absolute Gasteiger partial charge is 0.298 e. The van der Waals surface area contributed by atoms with Gasteiger partial charge in [0.25, 0.3) is 0 Å². The molecule has 0 aliphatic carbocycles. The van der Waals surface area contributed by atoms with E-state index in [2.05, 4.69) is 97.7 Å². The number of quaternary nitrogens is 2. The molecule has 0 radical (unpaired) electrons. The molecule has 0 amide bonds. The van der Waals surface area contributed by atoms with E-state index in [1.54, 1.807) is 0 Å². The Bertz CT molecular complexity index is 670. The van der Waals surface area contributed by atoms with Crippen molar-refractivity contribution in [1.82, 2.24) is 8.97 Å². The molecule has 2 heteroatoms. The number of aryl methyl sites for hydroxylation is 1. The molecular weight excluding hydrogens is 328 g/mol. The second-order valence-electron chi connectivity index (χ2n) is 9.37. The highest BCUT2D eigenvalue weighted by atomic mass is 15.3. The minimum Gasteiger partial charge on any atom is -0.298 e. The molecule has 0 fully saturated rings. The first kappa shape index (κ1) is 23.4. The lowest BCUT2D eigenvalue weighted by Crippen LogP contribution is -2.34. The molecule has 0 aliphatic heterocycles. The summed E-state index contributed by atoms with van der Waals surface area (Å²) >= 11 is 0. The van der Waals surface area contributed by atoms with Gasteiger partial charge in [0, 0.05) is 0 Å². The third-order valence-corrected chi connectivity index (χ3v) is 5.36. The number of rotatable bonds is 8. The Labute approximate surface area is 168 Å². The molecule has 0 N–H and O–H groups in total. The average molecular weight is 371 g/mol. The molecular formula is C25H42N2+2. The van der Waals surface area contributed by atoms with Crippen LogP contribution >= 0.6 is 0 Å². The van der Waals surface area contributed by atoms with Crippen molar-refractivity contribution < 1.29 is 0 Å². The second-order valence-corrected chi connectivity index (χ2v) is 9.37. The van der Waals surface area contributed by atoms with E-state index < -0.39 is 0 Å². The normalized spacial score (nSPS) is 13.1. The van der Waals surface area contributed by atoms with E-state index in [0.717, 1.165) is 14.9 Å². The molecule has 0 aromatic heterocycles. The van der Waals surface area contributed by atoms with E-state index in [9.17, 15) is 0 Å². The topological polar surface area (TPSA) is 0 Å². The van der Waals surface area contributed by atoms with E-state index in [1.807, 2.05) is 0 Å². The Morgan fingerprint density at radius 1 is 0.667 bits per heavy atom. The zero-order chi connectivity index (χ0) is 19.4. The Kier molecular flexibility index (Phi) is 8.25. The fraction of sp³-hybridized carbons (Fsp3) is 0.520. The van der Waals surface area contributed by atoms with Gasteiger partial charge < -0.3 is 0 Å². The van der Waals surface area contributed by atoms with Crippen LogP contribution in [-0.4, -0.2) is 42.3 Å². The van der Waals surface area contributed by atoms with Crippen LogP contribution in [0.1, 0.15) is 38.3 Å². The van der Waals surface area contributed by atoms with Crippen LogP contribution < -0.4 is 8.97 Å². The first-order valence-corrected chi connectivity index (χ1v) is 9.91. The summed E-state index contributed by atoms with van der Waals surface area (Å²) < 4.78 is 1.75. The van der Waals surface area contributed by atoms with Crippen LogP contribution in [0.2, 0.25) is 0 Å². The minimum absolute atomic E-state index is 0. The standard InChI is InChI=1S/C24H38N2.CH4/c1-8-20(19-22-13-17-24(18-14-22)26(5,6)7)9-10-21-11-15-23(16-12-21)25(2,3)4;/h11-18,20H,8-10,19H2,1-7H3;1H4/q+2;. The van der Waals surface area contributed by atoms with Gasteiger partial charge in [0.15, 0.2) is 0 Å². The van der Waals surface area contributed by atoms with Gasteiger partial charge in [-0.2, -0.15) is 0 Å². The van der Waals surface area contributed by atoms with Gasteiger partial charge in [-0.3, -0.25) is 8.97 Å². The quantitative estimate of drug-likeness (QED) is 0.506. The number of benzene rings is 2. The summed E-state index contributed by atoms with van der Waals surface area (Å²) in [5, 5.41) is 0. The molecule has 0 spiro atoms. The van der Waals surface area contributed by atoms with Crippen LogP contribution in [-0.2, 0) is 12.8 Å². The van der Waals surface area contributed by atoms with Crippen molar-refractivity contribution in [2.45, 2.75) is 40.0 Å². The summed E-state index contributed by atoms with van der Waals surface area (Å²) in [6.07, 6.45) is 4.86. The lowest BCUT2D eigenvalue weighted by Gasteiger charge is -2.24. The molecule has 0 saturated heterocycles. The molecule has 1 atom stereocenters. The second kappa shape index (κ2) is 9.52. The summed E-state index contributed by atoms with van der Waals surface area (Å²) in [5.74, 6) is 0.753. The Morgan fingerprint density at radius 2 is 1.07 bits per heavy atom. The van der Waals surface area contributed by atoms with Gasteiger partial charge in [-0.1, -0.05) is 45.0 Å². The van der Waals surface area contributed by atoms with Crippen molar-refractivity contribution in [1.29, 1.82) is 0 Å². The third kappa shape index (κ3) is 7.12. The van der Waals surface area contributed by atoms with Crippen LogP contribution in [0, 0.1) is 5.92 Å². The highest BCUT2D eigenvalue weighted by molar-refractivity contribution is 5.43. The number of hydrogen-bond donors (Lipinski definition) is 0. The summed E-state index contributed by atoms with van der Waals surface area (Å²) in [5.41, 5.74) is 5.65. The number of hydrogen-bond acceptors (Lipinski definition) is 0. The van der Waals surface area contributed by atoms with Crippen LogP contribution in [0.3, 0.4) is 0 Å². The van der Waals surface area contributed by atoms with Gasteiger partial charge in [0.2, 0.25) is 0 Å². The van der Waals surface area contributed by atoms with Crippen LogP contribution in [0.5, 0.6) is 0 Å².